The highest BCUT2D eigenvalue weighted by Gasteiger charge is 2.27. The van der Waals surface area contributed by atoms with Crippen LogP contribution in [0, 0.1) is 0 Å². The molecule has 1 aliphatic heterocycles. The normalized spacial score (nSPS) is 15.2. The van der Waals surface area contributed by atoms with Gasteiger partial charge in [0.1, 0.15) is 6.54 Å². The molecule has 0 aliphatic carbocycles. The maximum atomic E-state index is 12.2. The Bertz CT molecular complexity index is 490. The first kappa shape index (κ1) is 16.5. The van der Waals surface area contributed by atoms with Crippen LogP contribution in [0.1, 0.15) is 25.7 Å². The molecule has 1 aromatic carbocycles. The summed E-state index contributed by atoms with van der Waals surface area (Å²) in [5.41, 5.74) is 0.902. The van der Waals surface area contributed by atoms with Crippen LogP contribution in [0.15, 0.2) is 30.3 Å². The van der Waals surface area contributed by atoms with E-state index in [0.29, 0.717) is 19.5 Å². The van der Waals surface area contributed by atoms with Gasteiger partial charge in [0.25, 0.3) is 0 Å². The molecular formula is C17H24N2O3. The number of para-hydroxylation sites is 1. The van der Waals surface area contributed by atoms with Crippen molar-refractivity contribution < 1.29 is 14.3 Å². The average Bonchev–Trinajstić information content (AvgIpc) is 2.55. The van der Waals surface area contributed by atoms with Gasteiger partial charge in [0, 0.05) is 38.9 Å². The van der Waals surface area contributed by atoms with Crippen molar-refractivity contribution in [1.29, 1.82) is 0 Å². The Kier molecular flexibility index (Phi) is 6.40. The third-order valence-corrected chi connectivity index (χ3v) is 3.88. The minimum absolute atomic E-state index is 0.00909. The molecule has 1 saturated heterocycles. The molecule has 1 heterocycles. The maximum Gasteiger partial charge on any atom is 0.246 e. The summed E-state index contributed by atoms with van der Waals surface area (Å²) in [6, 6.07) is 9.61. The third kappa shape index (κ3) is 4.56. The SMILES string of the molecule is COCCCCCC(=O)N1CCN(c2ccccc2)C(=O)C1. The van der Waals surface area contributed by atoms with Crippen LogP contribution in [0.5, 0.6) is 0 Å². The van der Waals surface area contributed by atoms with Crippen molar-refractivity contribution in [2.75, 3.05) is 38.3 Å². The Hall–Kier alpha value is -1.88. The zero-order valence-corrected chi connectivity index (χ0v) is 13.2. The van der Waals surface area contributed by atoms with Gasteiger partial charge in [0.15, 0.2) is 0 Å². The van der Waals surface area contributed by atoms with Gasteiger partial charge in [-0.25, -0.2) is 0 Å². The van der Waals surface area contributed by atoms with E-state index in [1.165, 1.54) is 0 Å². The van der Waals surface area contributed by atoms with Crippen LogP contribution in [-0.2, 0) is 14.3 Å². The minimum Gasteiger partial charge on any atom is -0.385 e. The van der Waals surface area contributed by atoms with Crippen LogP contribution in [0.4, 0.5) is 5.69 Å². The monoisotopic (exact) mass is 304 g/mol. The molecular weight excluding hydrogens is 280 g/mol. The molecule has 0 N–H and O–H groups in total. The molecule has 2 amide bonds. The van der Waals surface area contributed by atoms with Gasteiger partial charge in [-0.2, -0.15) is 0 Å². The Labute approximate surface area is 131 Å². The van der Waals surface area contributed by atoms with E-state index in [9.17, 15) is 9.59 Å². The van der Waals surface area contributed by atoms with Crippen molar-refractivity contribution in [2.24, 2.45) is 0 Å². The number of benzene rings is 1. The van der Waals surface area contributed by atoms with Crippen LogP contribution >= 0.6 is 0 Å². The topological polar surface area (TPSA) is 49.9 Å². The van der Waals surface area contributed by atoms with Crippen molar-refractivity contribution >= 4 is 17.5 Å². The Balaban J connectivity index is 1.77. The van der Waals surface area contributed by atoms with E-state index in [4.69, 9.17) is 4.74 Å². The Morgan fingerprint density at radius 2 is 1.91 bits per heavy atom. The fourth-order valence-corrected chi connectivity index (χ4v) is 2.62. The quantitative estimate of drug-likeness (QED) is 0.725. The number of rotatable bonds is 7. The van der Waals surface area contributed by atoms with E-state index < -0.39 is 0 Å². The summed E-state index contributed by atoms with van der Waals surface area (Å²) < 4.78 is 4.99. The number of hydrogen-bond donors (Lipinski definition) is 0. The van der Waals surface area contributed by atoms with Gasteiger partial charge in [0.2, 0.25) is 11.8 Å². The minimum atomic E-state index is -0.00909. The summed E-state index contributed by atoms with van der Waals surface area (Å²) in [6.07, 6.45) is 3.33. The van der Waals surface area contributed by atoms with E-state index >= 15 is 0 Å². The lowest BCUT2D eigenvalue weighted by Gasteiger charge is -2.34. The first-order valence-electron chi connectivity index (χ1n) is 7.84. The van der Waals surface area contributed by atoms with E-state index in [1.54, 1.807) is 16.9 Å². The number of ether oxygens (including phenoxy) is 1. The zero-order chi connectivity index (χ0) is 15.8. The van der Waals surface area contributed by atoms with E-state index in [1.807, 2.05) is 30.3 Å². The fraction of sp³-hybridized carbons (Fsp3) is 0.529. The van der Waals surface area contributed by atoms with Crippen LogP contribution in [0.3, 0.4) is 0 Å². The summed E-state index contributed by atoms with van der Waals surface area (Å²) in [4.78, 5) is 27.8. The Morgan fingerprint density at radius 3 is 2.59 bits per heavy atom. The molecule has 5 heteroatoms. The molecule has 0 saturated carbocycles. The Morgan fingerprint density at radius 1 is 1.14 bits per heavy atom. The van der Waals surface area contributed by atoms with Crippen molar-refractivity contribution in [1.82, 2.24) is 4.90 Å². The molecule has 1 aromatic rings. The van der Waals surface area contributed by atoms with Crippen molar-refractivity contribution in [3.05, 3.63) is 30.3 Å². The highest BCUT2D eigenvalue weighted by atomic mass is 16.5. The van der Waals surface area contributed by atoms with Gasteiger partial charge in [-0.1, -0.05) is 24.6 Å². The standard InChI is InChI=1S/C17H24N2O3/c1-22-13-7-3-6-10-16(20)18-11-12-19(17(21)14-18)15-8-4-2-5-9-15/h2,4-5,8-9H,3,6-7,10-14H2,1H3. The molecule has 0 aromatic heterocycles. The smallest absolute Gasteiger partial charge is 0.246 e. The molecule has 0 unspecified atom stereocenters. The van der Waals surface area contributed by atoms with Gasteiger partial charge in [-0.05, 0) is 25.0 Å². The molecule has 0 atom stereocenters. The van der Waals surface area contributed by atoms with Crippen molar-refractivity contribution in [3.63, 3.8) is 0 Å². The van der Waals surface area contributed by atoms with E-state index in [0.717, 1.165) is 31.6 Å². The van der Waals surface area contributed by atoms with Gasteiger partial charge >= 0.3 is 0 Å². The fourth-order valence-electron chi connectivity index (χ4n) is 2.62. The summed E-state index contributed by atoms with van der Waals surface area (Å²) in [5.74, 6) is 0.0728. The van der Waals surface area contributed by atoms with Gasteiger partial charge in [-0.15, -0.1) is 0 Å². The summed E-state index contributed by atoms with van der Waals surface area (Å²) in [7, 11) is 1.68. The number of amides is 2. The van der Waals surface area contributed by atoms with E-state index in [-0.39, 0.29) is 18.4 Å². The van der Waals surface area contributed by atoms with Crippen LogP contribution in [0.25, 0.3) is 0 Å². The van der Waals surface area contributed by atoms with Crippen LogP contribution in [0.2, 0.25) is 0 Å². The molecule has 5 nitrogen and oxygen atoms in total. The molecule has 1 fully saturated rings. The number of methoxy groups -OCH3 is 1. The average molecular weight is 304 g/mol. The predicted octanol–water partition coefficient (Wildman–Crippen LogP) is 2.07. The third-order valence-electron chi connectivity index (χ3n) is 3.88. The molecule has 0 radical (unpaired) electrons. The number of piperazine rings is 1. The van der Waals surface area contributed by atoms with Crippen molar-refractivity contribution in [2.45, 2.75) is 25.7 Å². The largest absolute Gasteiger partial charge is 0.385 e. The number of hydrogen-bond acceptors (Lipinski definition) is 3. The second-order valence-electron chi connectivity index (χ2n) is 5.50. The lowest BCUT2D eigenvalue weighted by atomic mass is 10.1. The molecule has 2 rings (SSSR count). The molecule has 120 valence electrons. The van der Waals surface area contributed by atoms with Gasteiger partial charge in [0.05, 0.1) is 0 Å². The number of unbranched alkanes of at least 4 members (excludes halogenated alkanes) is 2. The summed E-state index contributed by atoms with van der Waals surface area (Å²) >= 11 is 0. The molecule has 22 heavy (non-hydrogen) atoms. The van der Waals surface area contributed by atoms with E-state index in [2.05, 4.69) is 0 Å². The lowest BCUT2D eigenvalue weighted by molar-refractivity contribution is -0.137. The zero-order valence-electron chi connectivity index (χ0n) is 13.2. The highest BCUT2D eigenvalue weighted by molar-refractivity contribution is 5.97. The summed E-state index contributed by atoms with van der Waals surface area (Å²) in [6.45, 7) is 2.10. The molecule has 1 aliphatic rings. The predicted molar refractivity (Wildman–Crippen MR) is 85.7 cm³/mol. The first-order chi connectivity index (χ1) is 10.7. The summed E-state index contributed by atoms with van der Waals surface area (Å²) in [5, 5.41) is 0. The number of carbonyl (C=O) groups excluding carboxylic acids is 2. The highest BCUT2D eigenvalue weighted by Crippen LogP contribution is 2.17. The number of carbonyl (C=O) groups is 2. The van der Waals surface area contributed by atoms with Gasteiger partial charge in [-0.3, -0.25) is 9.59 Å². The van der Waals surface area contributed by atoms with Crippen LogP contribution in [-0.4, -0.2) is 50.1 Å². The van der Waals surface area contributed by atoms with Gasteiger partial charge < -0.3 is 14.5 Å². The van der Waals surface area contributed by atoms with Crippen LogP contribution < -0.4 is 4.90 Å². The number of anilines is 1. The molecule has 0 spiro atoms. The molecule has 0 bridgehead atoms. The second kappa shape index (κ2) is 8.54. The number of nitrogens with zero attached hydrogens (tertiary/aromatic N) is 2. The lowest BCUT2D eigenvalue weighted by Crippen LogP contribution is -2.52. The van der Waals surface area contributed by atoms with Crippen molar-refractivity contribution in [3.8, 4) is 0 Å². The maximum absolute atomic E-state index is 12.2. The second-order valence-corrected chi connectivity index (χ2v) is 5.50. The first-order valence-corrected chi connectivity index (χ1v) is 7.84.